The third kappa shape index (κ3) is 2.14. The highest BCUT2D eigenvalue weighted by Gasteiger charge is 2.14. The third-order valence-electron chi connectivity index (χ3n) is 2.25. The van der Waals surface area contributed by atoms with E-state index in [9.17, 15) is 4.79 Å². The van der Waals surface area contributed by atoms with Crippen LogP contribution in [-0.2, 0) is 4.74 Å². The maximum atomic E-state index is 11.5. The van der Waals surface area contributed by atoms with Crippen LogP contribution >= 0.6 is 0 Å². The lowest BCUT2D eigenvalue weighted by Gasteiger charge is -2.10. The molecule has 0 aliphatic carbocycles. The Morgan fingerprint density at radius 1 is 1.19 bits per heavy atom. The van der Waals surface area contributed by atoms with Gasteiger partial charge >= 0.3 is 5.97 Å². The molecule has 0 aliphatic heterocycles. The fraction of sp³-hybridized carbons (Fsp3) is 0.154. The van der Waals surface area contributed by atoms with Gasteiger partial charge in [-0.25, -0.2) is 4.79 Å². The van der Waals surface area contributed by atoms with Crippen molar-refractivity contribution in [2.24, 2.45) is 0 Å². The van der Waals surface area contributed by atoms with Crippen molar-refractivity contribution in [3.63, 3.8) is 0 Å². The van der Waals surface area contributed by atoms with Crippen LogP contribution < -0.4 is 4.74 Å². The van der Waals surface area contributed by atoms with Crippen LogP contribution in [0.1, 0.15) is 21.5 Å². The fourth-order valence-electron chi connectivity index (χ4n) is 1.40. The number of esters is 1. The van der Waals surface area contributed by atoms with Crippen molar-refractivity contribution < 1.29 is 14.3 Å². The van der Waals surface area contributed by atoms with Gasteiger partial charge in [-0.2, -0.15) is 0 Å². The van der Waals surface area contributed by atoms with Crippen molar-refractivity contribution in [2.75, 3.05) is 14.2 Å². The van der Waals surface area contributed by atoms with E-state index in [1.54, 1.807) is 24.3 Å². The molecule has 0 bridgehead atoms. The molecule has 0 spiro atoms. The molecule has 3 heteroatoms. The second-order valence-electron chi connectivity index (χ2n) is 3.08. The second-order valence-corrected chi connectivity index (χ2v) is 3.08. The van der Waals surface area contributed by atoms with Crippen molar-refractivity contribution in [1.29, 1.82) is 0 Å². The molecule has 1 aromatic rings. The summed E-state index contributed by atoms with van der Waals surface area (Å²) in [6, 6.07) is 3.41. The minimum absolute atomic E-state index is 0.380. The molecule has 0 unspecified atom stereocenters. The smallest absolute Gasteiger partial charge is 0.341 e. The Morgan fingerprint density at radius 3 is 2.19 bits per heavy atom. The Labute approximate surface area is 95.0 Å². The van der Waals surface area contributed by atoms with Gasteiger partial charge in [0.2, 0.25) is 0 Å². The van der Waals surface area contributed by atoms with Crippen LogP contribution in [0.2, 0.25) is 0 Å². The van der Waals surface area contributed by atoms with Crippen molar-refractivity contribution in [1.82, 2.24) is 0 Å². The first kappa shape index (κ1) is 12.0. The number of carbonyl (C=O) groups is 1. The van der Waals surface area contributed by atoms with E-state index in [-0.39, 0.29) is 0 Å². The van der Waals surface area contributed by atoms with Gasteiger partial charge in [-0.1, -0.05) is 25.3 Å². The monoisotopic (exact) mass is 218 g/mol. The van der Waals surface area contributed by atoms with Crippen LogP contribution in [-0.4, -0.2) is 20.2 Å². The standard InChI is InChI=1S/C13H14O3/c1-5-9-7-11(13(14)16-4)12(15-3)8-10(9)6-2/h5-8H,1-2H2,3-4H3. The summed E-state index contributed by atoms with van der Waals surface area (Å²) in [5.41, 5.74) is 2.06. The Balaban J connectivity index is 3.42. The summed E-state index contributed by atoms with van der Waals surface area (Å²) in [6.45, 7) is 7.37. The second kappa shape index (κ2) is 5.16. The molecule has 0 saturated heterocycles. The van der Waals surface area contributed by atoms with Crippen molar-refractivity contribution in [2.45, 2.75) is 0 Å². The average molecular weight is 218 g/mol. The Bertz CT molecular complexity index is 433. The normalized spacial score (nSPS) is 9.38. The highest BCUT2D eigenvalue weighted by atomic mass is 16.5. The predicted molar refractivity (Wildman–Crippen MR) is 64.5 cm³/mol. The van der Waals surface area contributed by atoms with E-state index in [0.29, 0.717) is 11.3 Å². The van der Waals surface area contributed by atoms with Crippen LogP contribution in [0.4, 0.5) is 0 Å². The van der Waals surface area contributed by atoms with Gasteiger partial charge in [-0.3, -0.25) is 0 Å². The van der Waals surface area contributed by atoms with Gasteiger partial charge in [0, 0.05) is 0 Å². The quantitative estimate of drug-likeness (QED) is 0.729. The largest absolute Gasteiger partial charge is 0.496 e. The summed E-state index contributed by atoms with van der Waals surface area (Å²) in [6.07, 6.45) is 3.34. The first-order valence-electron chi connectivity index (χ1n) is 4.73. The number of ether oxygens (including phenoxy) is 2. The highest BCUT2D eigenvalue weighted by Crippen LogP contribution is 2.25. The van der Waals surface area contributed by atoms with E-state index in [1.807, 2.05) is 0 Å². The topological polar surface area (TPSA) is 35.5 Å². The van der Waals surface area contributed by atoms with E-state index in [2.05, 4.69) is 17.9 Å². The Morgan fingerprint density at radius 2 is 1.75 bits per heavy atom. The van der Waals surface area contributed by atoms with Gasteiger partial charge in [0.1, 0.15) is 11.3 Å². The van der Waals surface area contributed by atoms with Crippen LogP contribution in [0.5, 0.6) is 5.75 Å². The summed E-state index contributed by atoms with van der Waals surface area (Å²) in [7, 11) is 2.83. The molecule has 1 rings (SSSR count). The molecule has 0 atom stereocenters. The lowest BCUT2D eigenvalue weighted by Crippen LogP contribution is -2.05. The number of hydrogen-bond acceptors (Lipinski definition) is 3. The third-order valence-corrected chi connectivity index (χ3v) is 2.25. The van der Waals surface area contributed by atoms with Crippen molar-refractivity contribution in [3.8, 4) is 5.75 Å². The average Bonchev–Trinajstić information content (AvgIpc) is 2.35. The number of hydrogen-bond donors (Lipinski definition) is 0. The molecule has 1 aromatic carbocycles. The predicted octanol–water partition coefficient (Wildman–Crippen LogP) is 2.77. The summed E-state index contributed by atoms with van der Waals surface area (Å²) in [5, 5.41) is 0. The maximum Gasteiger partial charge on any atom is 0.341 e. The molecule has 3 nitrogen and oxygen atoms in total. The van der Waals surface area contributed by atoms with E-state index in [1.165, 1.54) is 14.2 Å². The molecule has 0 aromatic heterocycles. The van der Waals surface area contributed by atoms with Crippen molar-refractivity contribution >= 4 is 18.1 Å². The Hall–Kier alpha value is -2.03. The molecule has 0 heterocycles. The number of methoxy groups -OCH3 is 2. The zero-order valence-electron chi connectivity index (χ0n) is 9.45. The zero-order valence-corrected chi connectivity index (χ0v) is 9.45. The van der Waals surface area contributed by atoms with E-state index in [4.69, 9.17) is 4.74 Å². The van der Waals surface area contributed by atoms with Crippen LogP contribution in [0.25, 0.3) is 12.2 Å². The van der Waals surface area contributed by atoms with E-state index in [0.717, 1.165) is 11.1 Å². The van der Waals surface area contributed by atoms with Gasteiger partial charge in [0.25, 0.3) is 0 Å². The first-order chi connectivity index (χ1) is 7.67. The van der Waals surface area contributed by atoms with E-state index < -0.39 is 5.97 Å². The Kier molecular flexibility index (Phi) is 3.89. The van der Waals surface area contributed by atoms with Gasteiger partial charge in [0.15, 0.2) is 0 Å². The molecule has 0 amide bonds. The summed E-state index contributed by atoms with van der Waals surface area (Å²) in [4.78, 5) is 11.5. The molecule has 84 valence electrons. The van der Waals surface area contributed by atoms with Crippen LogP contribution in [0.3, 0.4) is 0 Å². The first-order valence-corrected chi connectivity index (χ1v) is 4.73. The summed E-state index contributed by atoms with van der Waals surface area (Å²) in [5.74, 6) is 0.0305. The number of benzene rings is 1. The van der Waals surface area contributed by atoms with Gasteiger partial charge in [0.05, 0.1) is 14.2 Å². The molecule has 16 heavy (non-hydrogen) atoms. The molecular weight excluding hydrogens is 204 g/mol. The minimum Gasteiger partial charge on any atom is -0.496 e. The minimum atomic E-state index is -0.435. The summed E-state index contributed by atoms with van der Waals surface area (Å²) < 4.78 is 9.80. The number of carbonyl (C=O) groups excluding carboxylic acids is 1. The van der Waals surface area contributed by atoms with Crippen LogP contribution in [0, 0.1) is 0 Å². The van der Waals surface area contributed by atoms with Gasteiger partial charge in [-0.05, 0) is 23.3 Å². The molecule has 0 fully saturated rings. The van der Waals surface area contributed by atoms with Gasteiger partial charge < -0.3 is 9.47 Å². The molecule has 0 saturated carbocycles. The maximum absolute atomic E-state index is 11.5. The molecule has 0 N–H and O–H groups in total. The SMILES string of the molecule is C=Cc1cc(OC)c(C(=O)OC)cc1C=C. The molecular formula is C13H14O3. The highest BCUT2D eigenvalue weighted by molar-refractivity contribution is 5.94. The lowest BCUT2D eigenvalue weighted by molar-refractivity contribution is 0.0597. The summed E-state index contributed by atoms with van der Waals surface area (Å²) >= 11 is 0. The van der Waals surface area contributed by atoms with Crippen molar-refractivity contribution in [3.05, 3.63) is 42.0 Å². The van der Waals surface area contributed by atoms with Crippen LogP contribution in [0.15, 0.2) is 25.3 Å². The fourth-order valence-corrected chi connectivity index (χ4v) is 1.40. The lowest BCUT2D eigenvalue weighted by atomic mass is 10.0. The molecule has 0 radical (unpaired) electrons. The zero-order chi connectivity index (χ0) is 12.1. The van der Waals surface area contributed by atoms with E-state index >= 15 is 0 Å². The molecule has 0 aliphatic rings. The van der Waals surface area contributed by atoms with Gasteiger partial charge in [-0.15, -0.1) is 0 Å². The number of rotatable bonds is 4.